The lowest BCUT2D eigenvalue weighted by molar-refractivity contribution is 0.0783. The third-order valence-corrected chi connectivity index (χ3v) is 7.50. The van der Waals surface area contributed by atoms with Crippen molar-refractivity contribution in [3.63, 3.8) is 0 Å². The van der Waals surface area contributed by atoms with Gasteiger partial charge in [0.15, 0.2) is 0 Å². The van der Waals surface area contributed by atoms with E-state index < -0.39 is 5.91 Å². The van der Waals surface area contributed by atoms with Crippen LogP contribution in [-0.2, 0) is 11.8 Å². The second kappa shape index (κ2) is 10.9. The average Bonchev–Trinajstić information content (AvgIpc) is 3.21. The molecule has 1 saturated heterocycles. The summed E-state index contributed by atoms with van der Waals surface area (Å²) in [5, 5.41) is 2.84. The maximum Gasteiger partial charge on any atom is 0.284 e. The van der Waals surface area contributed by atoms with E-state index in [9.17, 15) is 9.59 Å². The topological polar surface area (TPSA) is 133 Å². The van der Waals surface area contributed by atoms with Crippen molar-refractivity contribution in [2.75, 3.05) is 36.1 Å². The lowest BCUT2D eigenvalue weighted by atomic mass is 10.1. The number of carbonyl (C=O) groups excluding carboxylic acids is 1. The molecule has 0 unspecified atom stereocenters. The van der Waals surface area contributed by atoms with E-state index in [-0.39, 0.29) is 23.0 Å². The van der Waals surface area contributed by atoms with Crippen molar-refractivity contribution in [1.82, 2.24) is 24.3 Å². The monoisotopic (exact) mass is 562 g/mol. The quantitative estimate of drug-likeness (QED) is 0.307. The number of pyridine rings is 1. The number of hydrogen-bond donors (Lipinski definition) is 2. The van der Waals surface area contributed by atoms with Gasteiger partial charge in [-0.3, -0.25) is 14.3 Å². The number of rotatable bonds is 7. The van der Waals surface area contributed by atoms with E-state index >= 15 is 0 Å². The summed E-state index contributed by atoms with van der Waals surface area (Å²) in [5.41, 5.74) is 10.2. The predicted octanol–water partition coefficient (Wildman–Crippen LogP) is 3.67. The smallest absolute Gasteiger partial charge is 0.284 e. The van der Waals surface area contributed by atoms with Gasteiger partial charge in [-0.2, -0.15) is 0 Å². The number of amides is 1. The van der Waals surface area contributed by atoms with Crippen molar-refractivity contribution in [3.05, 3.63) is 101 Å². The fourth-order valence-corrected chi connectivity index (χ4v) is 4.99. The Labute approximate surface area is 242 Å². The lowest BCUT2D eigenvalue weighted by Crippen LogP contribution is -2.52. The van der Waals surface area contributed by atoms with E-state index in [1.54, 1.807) is 56.2 Å². The maximum absolute atomic E-state index is 13.2. The number of ether oxygens (including phenoxy) is 1. The molecule has 0 spiro atoms. The summed E-state index contributed by atoms with van der Waals surface area (Å²) in [6.07, 6.45) is 1.83. The zero-order valence-electron chi connectivity index (χ0n) is 23.5. The van der Waals surface area contributed by atoms with Gasteiger partial charge >= 0.3 is 0 Å². The third-order valence-electron chi connectivity index (χ3n) is 7.50. The highest BCUT2D eigenvalue weighted by molar-refractivity contribution is 6.05. The van der Waals surface area contributed by atoms with Gasteiger partial charge in [-0.25, -0.2) is 19.6 Å². The van der Waals surface area contributed by atoms with Crippen LogP contribution in [0.2, 0.25) is 0 Å². The van der Waals surface area contributed by atoms with Crippen molar-refractivity contribution in [2.45, 2.75) is 13.0 Å². The van der Waals surface area contributed by atoms with E-state index in [4.69, 9.17) is 20.4 Å². The van der Waals surface area contributed by atoms with E-state index in [2.05, 4.69) is 15.2 Å². The molecule has 11 heteroatoms. The van der Waals surface area contributed by atoms with Gasteiger partial charge in [0.25, 0.3) is 11.5 Å². The number of methoxy groups -OCH3 is 1. The summed E-state index contributed by atoms with van der Waals surface area (Å²) < 4.78 is 8.52. The Morgan fingerprint density at radius 3 is 2.43 bits per heavy atom. The summed E-state index contributed by atoms with van der Waals surface area (Å²) >= 11 is 0. The summed E-state index contributed by atoms with van der Waals surface area (Å²) in [7, 11) is 3.47. The van der Waals surface area contributed by atoms with Crippen molar-refractivity contribution < 1.29 is 9.53 Å². The van der Waals surface area contributed by atoms with Crippen LogP contribution in [-0.4, -0.2) is 56.5 Å². The Bertz CT molecular complexity index is 1820. The summed E-state index contributed by atoms with van der Waals surface area (Å²) in [6, 6.07) is 22.1. The molecule has 0 aliphatic carbocycles. The van der Waals surface area contributed by atoms with Gasteiger partial charge in [-0.1, -0.05) is 36.4 Å². The molecule has 3 aromatic heterocycles. The molecule has 0 bridgehead atoms. The first-order valence-corrected chi connectivity index (χ1v) is 13.5. The number of nitrogens with two attached hydrogens (primary N) is 1. The fraction of sp³-hybridized carbons (Fsp3) is 0.194. The normalized spacial score (nSPS) is 13.2. The molecule has 1 amide bonds. The predicted molar refractivity (Wildman–Crippen MR) is 162 cm³/mol. The van der Waals surface area contributed by atoms with Crippen LogP contribution in [0.15, 0.2) is 83.8 Å². The van der Waals surface area contributed by atoms with Gasteiger partial charge in [-0.05, 0) is 43.3 Å². The average molecular weight is 563 g/mol. The molecule has 0 atom stereocenters. The van der Waals surface area contributed by atoms with Gasteiger partial charge in [0.2, 0.25) is 0 Å². The standard InChI is InChI=1S/C31H30N8O3/c1-19-27(31(41)39(37(19)2)22-8-5-4-6-9-22)30(40)34-21-14-12-20(13-15-21)28-29(32)33-16-25(36-28)24-10-7-11-26(35-24)38-17-23(18-38)42-3/h4-16,23H,17-18H2,1-3H3,(H2,32,33)(H,34,40). The molecule has 5 aromatic rings. The van der Waals surface area contributed by atoms with Gasteiger partial charge in [0.05, 0.1) is 29.4 Å². The number of aromatic nitrogens is 5. The number of nitrogens with one attached hydrogen (secondary N) is 1. The summed E-state index contributed by atoms with van der Waals surface area (Å²) in [4.78, 5) is 42.5. The van der Waals surface area contributed by atoms with Crippen LogP contribution >= 0.6 is 0 Å². The Kier molecular flexibility index (Phi) is 7.01. The number of nitrogen functional groups attached to an aromatic ring is 1. The molecule has 42 heavy (non-hydrogen) atoms. The molecule has 0 radical (unpaired) electrons. The first-order chi connectivity index (χ1) is 20.3. The molecule has 0 saturated carbocycles. The zero-order chi connectivity index (χ0) is 29.4. The number of benzene rings is 2. The van der Waals surface area contributed by atoms with Crippen LogP contribution in [0.5, 0.6) is 0 Å². The van der Waals surface area contributed by atoms with Crippen molar-refractivity contribution in [3.8, 4) is 28.3 Å². The Balaban J connectivity index is 1.22. The van der Waals surface area contributed by atoms with Crippen molar-refractivity contribution >= 4 is 23.2 Å². The molecule has 2 aromatic carbocycles. The van der Waals surface area contributed by atoms with E-state index in [1.807, 2.05) is 48.5 Å². The SMILES string of the molecule is COC1CN(c2cccc(-c3cnc(N)c(-c4ccc(NC(=O)c5c(C)n(C)n(-c6ccccc6)c5=O)cc4)n3)n2)C1. The van der Waals surface area contributed by atoms with Crippen molar-refractivity contribution in [1.29, 1.82) is 0 Å². The van der Waals surface area contributed by atoms with Gasteiger partial charge in [-0.15, -0.1) is 0 Å². The minimum atomic E-state index is -0.484. The molecule has 3 N–H and O–H groups in total. The van der Waals surface area contributed by atoms with Crippen LogP contribution in [0, 0.1) is 6.92 Å². The number of hydrogen-bond acceptors (Lipinski definition) is 8. The molecular weight excluding hydrogens is 532 g/mol. The van der Waals surface area contributed by atoms with Crippen LogP contribution in [0.25, 0.3) is 28.3 Å². The fourth-order valence-electron chi connectivity index (χ4n) is 4.99. The molecule has 1 aliphatic heterocycles. The first-order valence-electron chi connectivity index (χ1n) is 13.5. The lowest BCUT2D eigenvalue weighted by Gasteiger charge is -2.39. The van der Waals surface area contributed by atoms with Crippen molar-refractivity contribution in [2.24, 2.45) is 7.05 Å². The molecule has 1 fully saturated rings. The zero-order valence-corrected chi connectivity index (χ0v) is 23.5. The molecule has 11 nitrogen and oxygen atoms in total. The minimum Gasteiger partial charge on any atom is -0.382 e. The highest BCUT2D eigenvalue weighted by Gasteiger charge is 2.27. The molecule has 6 rings (SSSR count). The van der Waals surface area contributed by atoms with E-state index in [1.165, 1.54) is 4.68 Å². The van der Waals surface area contributed by atoms with Gasteiger partial charge in [0.1, 0.15) is 28.6 Å². The molecule has 212 valence electrons. The maximum atomic E-state index is 13.2. The number of anilines is 3. The minimum absolute atomic E-state index is 0.0824. The van der Waals surface area contributed by atoms with Crippen LogP contribution in [0.4, 0.5) is 17.3 Å². The highest BCUT2D eigenvalue weighted by Crippen LogP contribution is 2.28. The first kappa shape index (κ1) is 26.9. The second-order valence-electron chi connectivity index (χ2n) is 10.1. The van der Waals surface area contributed by atoms with E-state index in [0.717, 1.165) is 24.5 Å². The Morgan fingerprint density at radius 1 is 0.976 bits per heavy atom. The second-order valence-corrected chi connectivity index (χ2v) is 10.1. The summed E-state index contributed by atoms with van der Waals surface area (Å²) in [5.74, 6) is 0.644. The Morgan fingerprint density at radius 2 is 1.71 bits per heavy atom. The number of para-hydroxylation sites is 1. The number of nitrogens with zero attached hydrogens (tertiary/aromatic N) is 6. The third kappa shape index (κ3) is 4.90. The van der Waals surface area contributed by atoms with Crippen LogP contribution in [0.3, 0.4) is 0 Å². The molecule has 1 aliphatic rings. The van der Waals surface area contributed by atoms with Crippen LogP contribution in [0.1, 0.15) is 16.1 Å². The Hall–Kier alpha value is -5.29. The van der Waals surface area contributed by atoms with Gasteiger partial charge < -0.3 is 20.7 Å². The molecular formula is C31H30N8O3. The highest BCUT2D eigenvalue weighted by atomic mass is 16.5. The largest absolute Gasteiger partial charge is 0.382 e. The number of carbonyl (C=O) groups is 1. The summed E-state index contributed by atoms with van der Waals surface area (Å²) in [6.45, 7) is 3.33. The molecule has 4 heterocycles. The van der Waals surface area contributed by atoms with E-state index in [0.29, 0.717) is 34.2 Å². The van der Waals surface area contributed by atoms with Gasteiger partial charge in [0, 0.05) is 38.5 Å². The van der Waals surface area contributed by atoms with Crippen LogP contribution < -0.4 is 21.5 Å².